The average molecular weight is 404 g/mol. The Labute approximate surface area is 174 Å². The van der Waals surface area contributed by atoms with E-state index in [2.05, 4.69) is 15.3 Å². The Morgan fingerprint density at radius 1 is 1.37 bits per heavy atom. The summed E-state index contributed by atoms with van der Waals surface area (Å²) in [6, 6.07) is 7.52. The second-order valence-corrected chi connectivity index (χ2v) is 7.77. The lowest BCUT2D eigenvalue weighted by Gasteiger charge is -2.31. The number of nitriles is 1. The van der Waals surface area contributed by atoms with Crippen molar-refractivity contribution in [3.05, 3.63) is 54.2 Å². The first-order chi connectivity index (χ1) is 14.6. The number of nitrogens with one attached hydrogen (secondary N) is 2. The first-order valence-corrected chi connectivity index (χ1v) is 10.1. The van der Waals surface area contributed by atoms with Gasteiger partial charge in [0.15, 0.2) is 6.19 Å². The number of carbonyl (C=O) groups excluding carboxylic acids is 2. The molecule has 2 amide bonds. The molecule has 1 aliphatic carbocycles. The topological polar surface area (TPSA) is 107 Å². The first kappa shape index (κ1) is 19.7. The Hall–Kier alpha value is -3.60. The smallest absolute Gasteiger partial charge is 0.267 e. The summed E-state index contributed by atoms with van der Waals surface area (Å²) >= 11 is 0. The Kier molecular flexibility index (Phi) is 5.53. The summed E-state index contributed by atoms with van der Waals surface area (Å²) in [6.07, 6.45) is 10.5. The molecule has 2 heterocycles. The predicted molar refractivity (Wildman–Crippen MR) is 111 cm³/mol. The lowest BCUT2D eigenvalue weighted by molar-refractivity contribution is -0.133. The molecule has 2 aromatic heterocycles. The molecule has 8 heteroatoms. The van der Waals surface area contributed by atoms with E-state index in [1.54, 1.807) is 12.5 Å². The summed E-state index contributed by atoms with van der Waals surface area (Å²) < 4.78 is 1.97. The van der Waals surface area contributed by atoms with Crippen molar-refractivity contribution in [1.82, 2.24) is 24.8 Å². The molecular formula is C22H24N6O2. The van der Waals surface area contributed by atoms with Crippen LogP contribution >= 0.6 is 0 Å². The number of aromatic nitrogens is 3. The quantitative estimate of drug-likeness (QED) is 0.503. The maximum absolute atomic E-state index is 13.0. The van der Waals surface area contributed by atoms with Crippen LogP contribution in [0.4, 0.5) is 0 Å². The Bertz CT molecular complexity index is 1090. The van der Waals surface area contributed by atoms with Gasteiger partial charge < -0.3 is 14.9 Å². The lowest BCUT2D eigenvalue weighted by Crippen LogP contribution is -2.48. The number of benzene rings is 1. The number of fused-ring (bicyclic) bond motifs is 1. The monoisotopic (exact) mass is 404 g/mol. The van der Waals surface area contributed by atoms with E-state index < -0.39 is 0 Å². The normalized spacial score (nSPS) is 18.7. The van der Waals surface area contributed by atoms with Gasteiger partial charge in [-0.15, -0.1) is 0 Å². The minimum atomic E-state index is -0.367. The highest BCUT2D eigenvalue weighted by atomic mass is 16.2. The van der Waals surface area contributed by atoms with Crippen molar-refractivity contribution in [3.63, 3.8) is 0 Å². The number of amides is 2. The van der Waals surface area contributed by atoms with Crippen molar-refractivity contribution in [2.24, 2.45) is 5.92 Å². The summed E-state index contributed by atoms with van der Waals surface area (Å²) in [5, 5.41) is 13.0. The molecule has 154 valence electrons. The van der Waals surface area contributed by atoms with E-state index in [1.165, 1.54) is 7.05 Å². The van der Waals surface area contributed by atoms with Crippen molar-refractivity contribution >= 4 is 22.7 Å². The molecule has 1 fully saturated rings. The molecule has 0 radical (unpaired) electrons. The number of hydrogen-bond acceptors (Lipinski definition) is 4. The fraction of sp³-hybridized carbons (Fsp3) is 0.364. The zero-order chi connectivity index (χ0) is 21.1. The van der Waals surface area contributed by atoms with Crippen LogP contribution in [0.5, 0.6) is 0 Å². The number of nitrogens with zero attached hydrogens (tertiary/aromatic N) is 4. The molecule has 0 spiro atoms. The van der Waals surface area contributed by atoms with Crippen LogP contribution in [0.1, 0.15) is 41.7 Å². The number of H-pyrrole nitrogens is 1. The van der Waals surface area contributed by atoms with Gasteiger partial charge in [0.1, 0.15) is 5.69 Å². The van der Waals surface area contributed by atoms with E-state index in [-0.39, 0.29) is 23.8 Å². The van der Waals surface area contributed by atoms with Crippen LogP contribution in [0.15, 0.2) is 43.0 Å². The lowest BCUT2D eigenvalue weighted by atomic mass is 9.83. The third kappa shape index (κ3) is 3.92. The predicted octanol–water partition coefficient (Wildman–Crippen LogP) is 2.64. The average Bonchev–Trinajstić information content (AvgIpc) is 3.43. The van der Waals surface area contributed by atoms with Crippen LogP contribution in [0, 0.1) is 17.4 Å². The highest BCUT2D eigenvalue weighted by Gasteiger charge is 2.34. The van der Waals surface area contributed by atoms with Crippen molar-refractivity contribution in [1.29, 1.82) is 5.26 Å². The zero-order valence-electron chi connectivity index (χ0n) is 16.8. The number of para-hydroxylation sites is 1. The zero-order valence-corrected chi connectivity index (χ0v) is 16.8. The molecule has 1 saturated carbocycles. The highest BCUT2D eigenvalue weighted by Crippen LogP contribution is 2.27. The summed E-state index contributed by atoms with van der Waals surface area (Å²) in [5.41, 5.74) is 2.44. The molecule has 0 aliphatic heterocycles. The van der Waals surface area contributed by atoms with E-state index in [0.717, 1.165) is 40.6 Å². The summed E-state index contributed by atoms with van der Waals surface area (Å²) in [4.78, 5) is 33.9. The first-order valence-electron chi connectivity index (χ1n) is 10.1. The SMILES string of the molecule is CN(C#N)C(=O)[C@@H]1CCCC[C@@H]1NC(=O)c1cc2cccc(Cn3ccnc3)c2[nH]1. The molecule has 1 aromatic carbocycles. The molecule has 0 saturated heterocycles. The second kappa shape index (κ2) is 8.41. The molecule has 1 aliphatic rings. The summed E-state index contributed by atoms with van der Waals surface area (Å²) in [7, 11) is 1.47. The Morgan fingerprint density at radius 3 is 2.97 bits per heavy atom. The number of carbonyl (C=O) groups is 2. The van der Waals surface area contributed by atoms with Gasteiger partial charge in [0.05, 0.1) is 24.3 Å². The molecule has 0 bridgehead atoms. The molecule has 3 aromatic rings. The minimum absolute atomic E-state index is 0.232. The van der Waals surface area contributed by atoms with Crippen molar-refractivity contribution < 1.29 is 9.59 Å². The Balaban J connectivity index is 1.54. The van der Waals surface area contributed by atoms with E-state index in [1.807, 2.05) is 41.2 Å². The fourth-order valence-electron chi connectivity index (χ4n) is 4.19. The fourth-order valence-corrected chi connectivity index (χ4v) is 4.19. The maximum Gasteiger partial charge on any atom is 0.267 e. The van der Waals surface area contributed by atoms with Gasteiger partial charge >= 0.3 is 0 Å². The van der Waals surface area contributed by atoms with Crippen molar-refractivity contribution in [3.8, 4) is 6.19 Å². The van der Waals surface area contributed by atoms with E-state index >= 15 is 0 Å². The van der Waals surface area contributed by atoms with Gasteiger partial charge in [-0.1, -0.05) is 31.0 Å². The molecular weight excluding hydrogens is 380 g/mol. The van der Waals surface area contributed by atoms with Gasteiger partial charge in [-0.25, -0.2) is 4.98 Å². The molecule has 8 nitrogen and oxygen atoms in total. The molecule has 2 atom stereocenters. The Morgan fingerprint density at radius 2 is 2.20 bits per heavy atom. The van der Waals surface area contributed by atoms with Crippen molar-refractivity contribution in [2.45, 2.75) is 38.3 Å². The van der Waals surface area contributed by atoms with Gasteiger partial charge in [0, 0.05) is 30.9 Å². The van der Waals surface area contributed by atoms with Crippen LogP contribution in [0.25, 0.3) is 10.9 Å². The van der Waals surface area contributed by atoms with Crippen molar-refractivity contribution in [2.75, 3.05) is 7.05 Å². The number of hydrogen-bond donors (Lipinski definition) is 2. The maximum atomic E-state index is 13.0. The molecule has 2 N–H and O–H groups in total. The third-order valence-electron chi connectivity index (χ3n) is 5.78. The largest absolute Gasteiger partial charge is 0.350 e. The standard InChI is InChI=1S/C22H24N6O2/c1-27(13-23)22(30)17-7-2-3-8-18(17)26-21(29)19-11-15-5-4-6-16(20(15)25-19)12-28-10-9-24-14-28/h4-6,9-11,14,17-18,25H,2-3,7-8,12H2,1H3,(H,26,29)/t17-,18+/m1/s1. The van der Waals surface area contributed by atoms with Gasteiger partial charge in [-0.05, 0) is 24.5 Å². The number of imidazole rings is 1. The van der Waals surface area contributed by atoms with Crippen LogP contribution in [0.2, 0.25) is 0 Å². The van der Waals surface area contributed by atoms with E-state index in [4.69, 9.17) is 5.26 Å². The van der Waals surface area contributed by atoms with Gasteiger partial charge in [-0.2, -0.15) is 5.26 Å². The molecule has 30 heavy (non-hydrogen) atoms. The molecule has 0 unspecified atom stereocenters. The van der Waals surface area contributed by atoms with Gasteiger partial charge in [0.2, 0.25) is 5.91 Å². The number of rotatable bonds is 5. The van der Waals surface area contributed by atoms with Crippen LogP contribution in [-0.2, 0) is 11.3 Å². The third-order valence-corrected chi connectivity index (χ3v) is 5.78. The number of aromatic amines is 1. The minimum Gasteiger partial charge on any atom is -0.350 e. The van der Waals surface area contributed by atoms with E-state index in [0.29, 0.717) is 18.7 Å². The van der Waals surface area contributed by atoms with Crippen LogP contribution in [-0.4, -0.2) is 44.3 Å². The highest BCUT2D eigenvalue weighted by molar-refractivity contribution is 5.99. The van der Waals surface area contributed by atoms with Gasteiger partial charge in [-0.3, -0.25) is 14.5 Å². The van der Waals surface area contributed by atoms with Crippen LogP contribution in [0.3, 0.4) is 0 Å². The summed E-state index contributed by atoms with van der Waals surface area (Å²) in [5.74, 6) is -0.834. The van der Waals surface area contributed by atoms with E-state index in [9.17, 15) is 9.59 Å². The molecule has 4 rings (SSSR count). The summed E-state index contributed by atoms with van der Waals surface area (Å²) in [6.45, 7) is 0.651. The van der Waals surface area contributed by atoms with Gasteiger partial charge in [0.25, 0.3) is 5.91 Å². The second-order valence-electron chi connectivity index (χ2n) is 7.77. The van der Waals surface area contributed by atoms with Crippen LogP contribution < -0.4 is 5.32 Å².